The Morgan fingerprint density at radius 2 is 1.37 bits per heavy atom. The summed E-state index contributed by atoms with van der Waals surface area (Å²) in [4.78, 5) is 0. The van der Waals surface area contributed by atoms with Gasteiger partial charge in [0, 0.05) is 11.4 Å². The Balaban J connectivity index is 2.42. The van der Waals surface area contributed by atoms with Crippen molar-refractivity contribution in [2.75, 3.05) is 11.1 Å². The van der Waals surface area contributed by atoms with Crippen LogP contribution in [0.5, 0.6) is 11.5 Å². The van der Waals surface area contributed by atoms with Gasteiger partial charge in [-0.15, -0.1) is 0 Å². The second-order valence-electron chi connectivity index (χ2n) is 3.81. The second kappa shape index (κ2) is 5.25. The van der Waals surface area contributed by atoms with Crippen molar-refractivity contribution < 1.29 is 10.2 Å². The van der Waals surface area contributed by atoms with Gasteiger partial charge in [-0.1, -0.05) is 34.8 Å². The lowest BCUT2D eigenvalue weighted by molar-refractivity contribution is 0.476. The first kappa shape index (κ1) is 13.9. The molecule has 0 aliphatic rings. The molecule has 2 aromatic rings. The lowest BCUT2D eigenvalue weighted by atomic mass is 10.2. The van der Waals surface area contributed by atoms with Gasteiger partial charge in [-0.3, -0.25) is 0 Å². The summed E-state index contributed by atoms with van der Waals surface area (Å²) >= 11 is 17.4. The average molecular weight is 320 g/mol. The first-order valence-corrected chi connectivity index (χ1v) is 6.25. The Hall–Kier alpha value is -1.49. The molecule has 0 aliphatic heterocycles. The van der Waals surface area contributed by atoms with E-state index in [1.807, 2.05) is 0 Å². The van der Waals surface area contributed by atoms with Crippen LogP contribution in [0.2, 0.25) is 15.1 Å². The molecule has 0 saturated carbocycles. The first-order chi connectivity index (χ1) is 8.88. The van der Waals surface area contributed by atoms with Crippen LogP contribution in [0.15, 0.2) is 24.3 Å². The minimum absolute atomic E-state index is 0.0875. The van der Waals surface area contributed by atoms with Crippen molar-refractivity contribution in [3.8, 4) is 11.5 Å². The predicted molar refractivity (Wildman–Crippen MR) is 78.9 cm³/mol. The van der Waals surface area contributed by atoms with Crippen LogP contribution < -0.4 is 11.1 Å². The van der Waals surface area contributed by atoms with E-state index in [0.29, 0.717) is 17.1 Å². The topological polar surface area (TPSA) is 78.5 Å². The van der Waals surface area contributed by atoms with Crippen molar-refractivity contribution in [2.45, 2.75) is 0 Å². The summed E-state index contributed by atoms with van der Waals surface area (Å²) < 4.78 is 0. The second-order valence-corrected chi connectivity index (χ2v) is 5.03. The van der Waals surface area contributed by atoms with Crippen LogP contribution in [0.3, 0.4) is 0 Å². The summed E-state index contributed by atoms with van der Waals surface area (Å²) in [6.45, 7) is 0. The van der Waals surface area contributed by atoms with Gasteiger partial charge in [-0.05, 0) is 24.3 Å². The monoisotopic (exact) mass is 318 g/mol. The zero-order valence-electron chi connectivity index (χ0n) is 9.42. The zero-order valence-corrected chi connectivity index (χ0v) is 11.7. The number of nitrogen functional groups attached to an aromatic ring is 1. The SMILES string of the molecule is Nc1cc(Cl)c(O)c(Nc2cc(Cl)c(O)c(Cl)c2)c1. The normalized spacial score (nSPS) is 10.5. The fraction of sp³-hybridized carbons (Fsp3) is 0. The molecule has 0 heterocycles. The zero-order chi connectivity index (χ0) is 14.2. The Labute approximate surface area is 124 Å². The molecule has 0 amide bonds. The van der Waals surface area contributed by atoms with Crippen LogP contribution >= 0.6 is 34.8 Å². The van der Waals surface area contributed by atoms with Crippen LogP contribution in [-0.4, -0.2) is 10.2 Å². The van der Waals surface area contributed by atoms with Crippen molar-refractivity contribution in [2.24, 2.45) is 0 Å². The van der Waals surface area contributed by atoms with E-state index in [2.05, 4.69) is 5.32 Å². The summed E-state index contributed by atoms with van der Waals surface area (Å²) in [6, 6.07) is 5.85. The Bertz CT molecular complexity index is 624. The molecule has 0 spiro atoms. The van der Waals surface area contributed by atoms with Gasteiger partial charge < -0.3 is 21.3 Å². The van der Waals surface area contributed by atoms with E-state index < -0.39 is 0 Å². The molecular weight excluding hydrogens is 311 g/mol. The largest absolute Gasteiger partial charge is 0.505 e. The molecule has 19 heavy (non-hydrogen) atoms. The number of hydrogen-bond acceptors (Lipinski definition) is 4. The van der Waals surface area contributed by atoms with E-state index in [9.17, 15) is 10.2 Å². The molecular formula is C12H9Cl3N2O2. The van der Waals surface area contributed by atoms with E-state index in [1.54, 1.807) is 0 Å². The standard InChI is InChI=1S/C12H9Cl3N2O2/c13-7-1-5(16)2-10(12(7)19)17-6-3-8(14)11(18)9(15)4-6/h1-4,17-19H,16H2. The fourth-order valence-electron chi connectivity index (χ4n) is 1.51. The van der Waals surface area contributed by atoms with Crippen LogP contribution in [-0.2, 0) is 0 Å². The van der Waals surface area contributed by atoms with Gasteiger partial charge in [0.2, 0.25) is 0 Å². The van der Waals surface area contributed by atoms with Crippen molar-refractivity contribution in [1.29, 1.82) is 0 Å². The minimum Gasteiger partial charge on any atom is -0.505 e. The van der Waals surface area contributed by atoms with Crippen LogP contribution in [0.4, 0.5) is 17.1 Å². The molecule has 0 saturated heterocycles. The van der Waals surface area contributed by atoms with Gasteiger partial charge in [0.25, 0.3) is 0 Å². The molecule has 0 unspecified atom stereocenters. The molecule has 0 atom stereocenters. The molecule has 4 nitrogen and oxygen atoms in total. The maximum Gasteiger partial charge on any atom is 0.157 e. The molecule has 7 heteroatoms. The number of rotatable bonds is 2. The number of anilines is 3. The lowest BCUT2D eigenvalue weighted by Crippen LogP contribution is -1.94. The Morgan fingerprint density at radius 1 is 0.842 bits per heavy atom. The van der Waals surface area contributed by atoms with E-state index in [4.69, 9.17) is 40.5 Å². The third kappa shape index (κ3) is 2.92. The third-order valence-electron chi connectivity index (χ3n) is 2.38. The maximum atomic E-state index is 9.81. The molecule has 0 aromatic heterocycles. The molecule has 2 aromatic carbocycles. The van der Waals surface area contributed by atoms with E-state index in [1.165, 1.54) is 24.3 Å². The summed E-state index contributed by atoms with van der Waals surface area (Å²) in [5, 5.41) is 22.4. The summed E-state index contributed by atoms with van der Waals surface area (Å²) in [6.07, 6.45) is 0. The van der Waals surface area contributed by atoms with Crippen molar-refractivity contribution >= 4 is 51.9 Å². The number of halogens is 3. The number of phenols is 2. The van der Waals surface area contributed by atoms with Gasteiger partial charge in [0.05, 0.1) is 20.8 Å². The number of nitrogens with one attached hydrogen (secondary N) is 1. The number of nitrogens with two attached hydrogens (primary N) is 1. The quantitative estimate of drug-likeness (QED) is 0.376. The van der Waals surface area contributed by atoms with Crippen LogP contribution in [0.1, 0.15) is 0 Å². The highest BCUT2D eigenvalue weighted by atomic mass is 35.5. The predicted octanol–water partition coefficient (Wildman–Crippen LogP) is 4.38. The highest BCUT2D eigenvalue weighted by molar-refractivity contribution is 6.37. The van der Waals surface area contributed by atoms with Gasteiger partial charge in [0.15, 0.2) is 11.5 Å². The van der Waals surface area contributed by atoms with Crippen molar-refractivity contribution in [3.63, 3.8) is 0 Å². The Morgan fingerprint density at radius 3 is 1.95 bits per heavy atom. The lowest BCUT2D eigenvalue weighted by Gasteiger charge is -2.12. The smallest absolute Gasteiger partial charge is 0.157 e. The summed E-state index contributed by atoms with van der Waals surface area (Å²) in [5.41, 5.74) is 6.81. The van der Waals surface area contributed by atoms with Gasteiger partial charge >= 0.3 is 0 Å². The minimum atomic E-state index is -0.205. The fourth-order valence-corrected chi connectivity index (χ4v) is 2.22. The number of phenolic OH excluding ortho intramolecular Hbond substituents is 2. The number of hydrogen-bond donors (Lipinski definition) is 4. The number of aromatic hydroxyl groups is 2. The van der Waals surface area contributed by atoms with Crippen molar-refractivity contribution in [3.05, 3.63) is 39.3 Å². The number of benzene rings is 2. The maximum absolute atomic E-state index is 9.81. The van der Waals surface area contributed by atoms with Gasteiger partial charge in [-0.2, -0.15) is 0 Å². The summed E-state index contributed by atoms with van der Waals surface area (Å²) in [5.74, 6) is -0.347. The molecule has 0 aliphatic carbocycles. The van der Waals surface area contributed by atoms with Crippen LogP contribution in [0.25, 0.3) is 0 Å². The van der Waals surface area contributed by atoms with Crippen molar-refractivity contribution in [1.82, 2.24) is 0 Å². The first-order valence-electron chi connectivity index (χ1n) is 5.11. The molecule has 0 fully saturated rings. The third-order valence-corrected chi connectivity index (χ3v) is 3.25. The van der Waals surface area contributed by atoms with Gasteiger partial charge in [-0.25, -0.2) is 0 Å². The molecule has 100 valence electrons. The highest BCUT2D eigenvalue weighted by Crippen LogP contribution is 2.39. The highest BCUT2D eigenvalue weighted by Gasteiger charge is 2.11. The van der Waals surface area contributed by atoms with E-state index >= 15 is 0 Å². The van der Waals surface area contributed by atoms with E-state index in [0.717, 1.165) is 0 Å². The Kier molecular flexibility index (Phi) is 3.85. The van der Waals surface area contributed by atoms with Crippen LogP contribution in [0, 0.1) is 0 Å². The molecule has 0 bridgehead atoms. The van der Waals surface area contributed by atoms with Gasteiger partial charge in [0.1, 0.15) is 0 Å². The summed E-state index contributed by atoms with van der Waals surface area (Å²) in [7, 11) is 0. The molecule has 5 N–H and O–H groups in total. The average Bonchev–Trinajstić information content (AvgIpc) is 2.32. The van der Waals surface area contributed by atoms with E-state index in [-0.39, 0.29) is 26.6 Å². The molecule has 2 rings (SSSR count). The molecule has 0 radical (unpaired) electrons.